The van der Waals surface area contributed by atoms with Gasteiger partial charge in [-0.1, -0.05) is 60.7 Å². The number of fused-ring (bicyclic) bond motifs is 1. The van der Waals surface area contributed by atoms with Gasteiger partial charge in [-0.2, -0.15) is 17.5 Å². The van der Waals surface area contributed by atoms with Crippen LogP contribution in [-0.4, -0.2) is 16.9 Å². The summed E-state index contributed by atoms with van der Waals surface area (Å²) in [4.78, 5) is 10.3. The van der Waals surface area contributed by atoms with Gasteiger partial charge in [-0.15, -0.1) is 29.7 Å². The summed E-state index contributed by atoms with van der Waals surface area (Å²) in [5.41, 5.74) is 7.12. The standard InChI is InChI=1S/C9H7.C7H7NO.C6H10.2CH3.Si.Ti/c1-2-5-9-7-3-6-8(9)4-1;8-7(9)6-4-2-1-3-5-6;1-3-5-6-4-2;;;;/h1-7H;1-5H,(H2,8,9);3-6H,1-2H3;2*1H3;;/q-1;;;2*-1;;+4/p-1. The maximum atomic E-state index is 10.3. The van der Waals surface area contributed by atoms with Crippen molar-refractivity contribution in [3.05, 3.63) is 123 Å². The van der Waals surface area contributed by atoms with E-state index < -0.39 is 5.91 Å². The average molecular weight is 423 g/mol. The second-order valence-corrected chi connectivity index (χ2v) is 4.90. The Bertz CT molecular complexity index is 739. The summed E-state index contributed by atoms with van der Waals surface area (Å²) in [6, 6.07) is 23.2. The van der Waals surface area contributed by atoms with Crippen LogP contribution in [0, 0.1) is 14.9 Å². The van der Waals surface area contributed by atoms with E-state index in [4.69, 9.17) is 5.73 Å². The first-order chi connectivity index (χ1) is 11.7. The molecule has 0 spiro atoms. The Morgan fingerprint density at radius 2 is 1.36 bits per heavy atom. The molecule has 0 aliphatic rings. The molecule has 28 heavy (non-hydrogen) atoms. The van der Waals surface area contributed by atoms with Gasteiger partial charge in [0.2, 0.25) is 0 Å². The molecule has 0 aliphatic heterocycles. The van der Waals surface area contributed by atoms with Crippen LogP contribution >= 0.6 is 0 Å². The monoisotopic (exact) mass is 423 g/mol. The van der Waals surface area contributed by atoms with Gasteiger partial charge in [0.15, 0.2) is 0 Å². The molecule has 0 heterocycles. The van der Waals surface area contributed by atoms with Crippen LogP contribution in [0.5, 0.6) is 0 Å². The summed E-state index contributed by atoms with van der Waals surface area (Å²) in [6.07, 6.45) is 8.00. The molecular weight excluding hydrogens is 394 g/mol. The van der Waals surface area contributed by atoms with Crippen molar-refractivity contribution >= 4 is 27.6 Å². The van der Waals surface area contributed by atoms with E-state index in [-0.39, 0.29) is 47.5 Å². The molecule has 0 bridgehead atoms. The first-order valence-electron chi connectivity index (χ1n) is 7.84. The number of nitrogens with one attached hydrogen (secondary N) is 1. The van der Waals surface area contributed by atoms with Gasteiger partial charge < -0.3 is 25.4 Å². The van der Waals surface area contributed by atoms with Gasteiger partial charge in [0.05, 0.1) is 5.91 Å². The van der Waals surface area contributed by atoms with Gasteiger partial charge in [-0.3, -0.25) is 0 Å². The molecule has 144 valence electrons. The van der Waals surface area contributed by atoms with Crippen molar-refractivity contribution in [1.29, 1.82) is 0 Å². The molecule has 2 nitrogen and oxygen atoms in total. The van der Waals surface area contributed by atoms with Crippen LogP contribution in [0.2, 0.25) is 0 Å². The maximum absolute atomic E-state index is 10.3. The Kier molecular flexibility index (Phi) is 25.4. The molecule has 4 heteroatoms. The summed E-state index contributed by atoms with van der Waals surface area (Å²) >= 11 is 0. The van der Waals surface area contributed by atoms with Crippen molar-refractivity contribution in [3.63, 3.8) is 0 Å². The number of rotatable bonds is 2. The van der Waals surface area contributed by atoms with Crippen LogP contribution in [0.4, 0.5) is 0 Å². The van der Waals surface area contributed by atoms with Gasteiger partial charge in [0, 0.05) is 11.0 Å². The predicted molar refractivity (Wildman–Crippen MR) is 123 cm³/mol. The fourth-order valence-electron chi connectivity index (χ4n) is 1.88. The van der Waals surface area contributed by atoms with E-state index >= 15 is 0 Å². The summed E-state index contributed by atoms with van der Waals surface area (Å²) in [6.45, 7) is 4.00. The zero-order valence-electron chi connectivity index (χ0n) is 17.1. The zero-order valence-corrected chi connectivity index (χ0v) is 19.7. The second-order valence-electron chi connectivity index (χ2n) is 4.90. The largest absolute Gasteiger partial charge is 4.00 e. The Labute approximate surface area is 190 Å². The van der Waals surface area contributed by atoms with Crippen LogP contribution in [0.25, 0.3) is 16.5 Å². The number of carbonyl (C=O) groups is 1. The Hall–Kier alpha value is -2.07. The fourth-order valence-corrected chi connectivity index (χ4v) is 1.88. The second kappa shape index (κ2) is 21.2. The van der Waals surface area contributed by atoms with E-state index in [1.807, 2.05) is 44.2 Å². The number of allylic oxidation sites excluding steroid dienone is 4. The quantitative estimate of drug-likeness (QED) is 0.246. The Morgan fingerprint density at radius 3 is 1.79 bits per heavy atom. The molecule has 3 aromatic rings. The van der Waals surface area contributed by atoms with Gasteiger partial charge in [0.1, 0.15) is 0 Å². The first kappa shape index (κ1) is 33.5. The molecular formula is C24H29NOSiTi. The van der Waals surface area contributed by atoms with Crippen LogP contribution in [0.3, 0.4) is 0 Å². The predicted octanol–water partition coefficient (Wildman–Crippen LogP) is 7.09. The summed E-state index contributed by atoms with van der Waals surface area (Å²) in [5.74, 6) is -0.629. The SMILES string of the molecule is CC=CC=CC.[CH3-].[CH3-].[NH-]C(=O)c1ccccc1.[Si].[Ti+4].c1ccc2[cH-]ccc2c1. The van der Waals surface area contributed by atoms with Crippen molar-refractivity contribution < 1.29 is 26.5 Å². The van der Waals surface area contributed by atoms with Crippen LogP contribution < -0.4 is 0 Å². The molecule has 0 aliphatic carbocycles. The molecule has 1 amide bonds. The average Bonchev–Trinajstić information content (AvgIpc) is 3.10. The molecule has 0 fully saturated rings. The Morgan fingerprint density at radius 1 is 0.857 bits per heavy atom. The molecule has 4 radical (unpaired) electrons. The number of hydrogen-bond donors (Lipinski definition) is 0. The molecule has 0 saturated carbocycles. The minimum atomic E-state index is -0.629. The van der Waals surface area contributed by atoms with Crippen molar-refractivity contribution in [2.45, 2.75) is 13.8 Å². The van der Waals surface area contributed by atoms with Crippen LogP contribution in [-0.2, 0) is 21.7 Å². The van der Waals surface area contributed by atoms with Gasteiger partial charge >= 0.3 is 21.7 Å². The minimum absolute atomic E-state index is 0. The topological polar surface area (TPSA) is 40.9 Å². The van der Waals surface area contributed by atoms with Crippen molar-refractivity contribution in [1.82, 2.24) is 0 Å². The van der Waals surface area contributed by atoms with E-state index in [0.29, 0.717) is 5.56 Å². The molecule has 1 N–H and O–H groups in total. The van der Waals surface area contributed by atoms with E-state index in [1.54, 1.807) is 24.3 Å². The molecule has 0 unspecified atom stereocenters. The first-order valence-corrected chi connectivity index (χ1v) is 7.84. The van der Waals surface area contributed by atoms with E-state index in [2.05, 4.69) is 42.5 Å². The fraction of sp³-hybridized carbons (Fsp3) is 0.0833. The minimum Gasteiger partial charge on any atom is -0.664 e. The van der Waals surface area contributed by atoms with Crippen LogP contribution in [0.15, 0.2) is 97.1 Å². The summed E-state index contributed by atoms with van der Waals surface area (Å²) < 4.78 is 0. The van der Waals surface area contributed by atoms with Crippen molar-refractivity contribution in [3.8, 4) is 0 Å². The smallest absolute Gasteiger partial charge is 0.664 e. The van der Waals surface area contributed by atoms with Crippen molar-refractivity contribution in [2.75, 3.05) is 0 Å². The van der Waals surface area contributed by atoms with Gasteiger partial charge in [-0.25, -0.2) is 0 Å². The third-order valence-corrected chi connectivity index (χ3v) is 3.08. The number of benzene rings is 2. The number of hydrogen-bond acceptors (Lipinski definition) is 1. The normalized spacial score (nSPS) is 8.64. The third kappa shape index (κ3) is 14.0. The van der Waals surface area contributed by atoms with Crippen molar-refractivity contribution in [2.24, 2.45) is 0 Å². The molecule has 3 rings (SSSR count). The Balaban J connectivity index is -0.000000147. The molecule has 0 saturated heterocycles. The third-order valence-electron chi connectivity index (χ3n) is 3.08. The molecule has 3 aromatic carbocycles. The van der Waals surface area contributed by atoms with E-state index in [1.165, 1.54) is 10.8 Å². The maximum Gasteiger partial charge on any atom is 4.00 e. The summed E-state index contributed by atoms with van der Waals surface area (Å²) in [5, 5.41) is 2.66. The van der Waals surface area contributed by atoms with Gasteiger partial charge in [0.25, 0.3) is 0 Å². The molecule has 0 atom stereocenters. The van der Waals surface area contributed by atoms with Crippen LogP contribution in [0.1, 0.15) is 24.2 Å². The van der Waals surface area contributed by atoms with E-state index in [0.717, 1.165) is 0 Å². The zero-order chi connectivity index (χ0) is 17.6. The van der Waals surface area contributed by atoms with Gasteiger partial charge in [-0.05, 0) is 19.4 Å². The number of amides is 1. The summed E-state index contributed by atoms with van der Waals surface area (Å²) in [7, 11) is 0. The van der Waals surface area contributed by atoms with E-state index in [9.17, 15) is 4.79 Å². The number of carbonyl (C=O) groups excluding carboxylic acids is 1. The molecule has 0 aromatic heterocycles.